The van der Waals surface area contributed by atoms with Crippen molar-refractivity contribution in [1.29, 1.82) is 0 Å². The number of hydrogen-bond donors (Lipinski definition) is 1. The monoisotopic (exact) mass is 355 g/mol. The summed E-state index contributed by atoms with van der Waals surface area (Å²) in [4.78, 5) is 12.2. The van der Waals surface area contributed by atoms with Crippen molar-refractivity contribution in [2.75, 3.05) is 5.32 Å². The van der Waals surface area contributed by atoms with E-state index in [1.165, 1.54) is 4.68 Å². The molecular formula is C16H20F3N5O. The largest absolute Gasteiger partial charge is 0.435 e. The van der Waals surface area contributed by atoms with E-state index in [4.69, 9.17) is 0 Å². The number of aryl methyl sites for hydroxylation is 1. The van der Waals surface area contributed by atoms with E-state index in [1.54, 1.807) is 10.7 Å². The molecular weight excluding hydrogens is 335 g/mol. The number of hydrogen-bond acceptors (Lipinski definition) is 3. The molecule has 0 atom stereocenters. The minimum Gasteiger partial charge on any atom is -0.308 e. The number of carbonyl (C=O) groups is 1. The van der Waals surface area contributed by atoms with Crippen LogP contribution in [0.5, 0.6) is 0 Å². The molecule has 9 heteroatoms. The number of amides is 1. The van der Waals surface area contributed by atoms with E-state index in [2.05, 4.69) is 15.5 Å². The third-order valence-electron chi connectivity index (χ3n) is 4.25. The summed E-state index contributed by atoms with van der Waals surface area (Å²) >= 11 is 0. The van der Waals surface area contributed by atoms with Crippen LogP contribution in [0.1, 0.15) is 49.0 Å². The topological polar surface area (TPSA) is 64.7 Å². The molecule has 6 nitrogen and oxygen atoms in total. The Labute approximate surface area is 143 Å². The summed E-state index contributed by atoms with van der Waals surface area (Å²) in [7, 11) is 0. The smallest absolute Gasteiger partial charge is 0.308 e. The van der Waals surface area contributed by atoms with Crippen molar-refractivity contribution >= 4 is 11.7 Å². The number of anilines is 1. The average molecular weight is 355 g/mol. The van der Waals surface area contributed by atoms with Gasteiger partial charge in [-0.2, -0.15) is 23.4 Å². The zero-order valence-corrected chi connectivity index (χ0v) is 14.3. The molecule has 0 spiro atoms. The number of nitrogens with one attached hydrogen (secondary N) is 1. The summed E-state index contributed by atoms with van der Waals surface area (Å²) in [6.45, 7) is 5.55. The third kappa shape index (κ3) is 3.40. The molecule has 2 heterocycles. The Hall–Kier alpha value is -2.32. The Morgan fingerprint density at radius 2 is 2.04 bits per heavy atom. The van der Waals surface area contributed by atoms with E-state index in [0.717, 1.165) is 5.69 Å². The summed E-state index contributed by atoms with van der Waals surface area (Å²) in [5.41, 5.74) is 0.754. The van der Waals surface area contributed by atoms with Crippen molar-refractivity contribution in [2.45, 2.75) is 58.8 Å². The molecule has 0 unspecified atom stereocenters. The van der Waals surface area contributed by atoms with Crippen LogP contribution in [-0.4, -0.2) is 25.5 Å². The number of aromatic nitrogens is 4. The molecule has 0 aliphatic heterocycles. The summed E-state index contributed by atoms with van der Waals surface area (Å²) in [6, 6.07) is 1.88. The molecule has 1 aliphatic carbocycles. The Balaban J connectivity index is 1.77. The van der Waals surface area contributed by atoms with Crippen LogP contribution in [-0.2, 0) is 30.4 Å². The first kappa shape index (κ1) is 17.5. The fourth-order valence-corrected chi connectivity index (χ4v) is 3.26. The zero-order chi connectivity index (χ0) is 18.4. The SMILES string of the molecule is Cc1cc(NC(=O)Cn2nc(C(F)(F)F)c3c2CCC3)nn1C(C)C. The van der Waals surface area contributed by atoms with Crippen molar-refractivity contribution < 1.29 is 18.0 Å². The predicted molar refractivity (Wildman–Crippen MR) is 85.2 cm³/mol. The van der Waals surface area contributed by atoms with E-state index in [0.29, 0.717) is 30.8 Å². The van der Waals surface area contributed by atoms with Gasteiger partial charge in [0.15, 0.2) is 11.5 Å². The summed E-state index contributed by atoms with van der Waals surface area (Å²) < 4.78 is 42.2. The number of rotatable bonds is 4. The molecule has 0 radical (unpaired) electrons. The van der Waals surface area contributed by atoms with E-state index in [-0.39, 0.29) is 18.2 Å². The van der Waals surface area contributed by atoms with Crippen molar-refractivity contribution in [3.63, 3.8) is 0 Å². The van der Waals surface area contributed by atoms with Gasteiger partial charge in [0, 0.05) is 29.1 Å². The Morgan fingerprint density at radius 1 is 1.32 bits per heavy atom. The van der Waals surface area contributed by atoms with Crippen molar-refractivity contribution in [2.24, 2.45) is 0 Å². The van der Waals surface area contributed by atoms with Gasteiger partial charge in [0.25, 0.3) is 0 Å². The van der Waals surface area contributed by atoms with Gasteiger partial charge in [-0.05, 0) is 40.0 Å². The van der Waals surface area contributed by atoms with Crippen LogP contribution in [0, 0.1) is 6.92 Å². The van der Waals surface area contributed by atoms with Crippen LogP contribution in [0.2, 0.25) is 0 Å². The standard InChI is InChI=1S/C16H20F3N5O/c1-9(2)24-10(3)7-13(21-24)20-14(25)8-23-12-6-4-5-11(12)15(22-23)16(17,18)19/h7,9H,4-6,8H2,1-3H3,(H,20,21,25). The molecule has 0 fully saturated rings. The lowest BCUT2D eigenvalue weighted by molar-refractivity contribution is -0.142. The van der Waals surface area contributed by atoms with Crippen LogP contribution in [0.25, 0.3) is 0 Å². The molecule has 2 aromatic rings. The molecule has 2 aromatic heterocycles. The fraction of sp³-hybridized carbons (Fsp3) is 0.562. The van der Waals surface area contributed by atoms with Gasteiger partial charge < -0.3 is 5.32 Å². The molecule has 0 saturated carbocycles. The molecule has 3 rings (SSSR count). The van der Waals surface area contributed by atoms with Crippen molar-refractivity contribution in [3.8, 4) is 0 Å². The molecule has 0 bridgehead atoms. The van der Waals surface area contributed by atoms with Crippen molar-refractivity contribution in [1.82, 2.24) is 19.6 Å². The van der Waals surface area contributed by atoms with Crippen molar-refractivity contribution in [3.05, 3.63) is 28.7 Å². The number of fused-ring (bicyclic) bond motifs is 1. The highest BCUT2D eigenvalue weighted by Crippen LogP contribution is 2.36. The Kier molecular flexibility index (Phi) is 4.34. The normalized spacial score (nSPS) is 14.2. The zero-order valence-electron chi connectivity index (χ0n) is 14.3. The van der Waals surface area contributed by atoms with Gasteiger partial charge in [0.05, 0.1) is 0 Å². The maximum Gasteiger partial charge on any atom is 0.435 e. The quantitative estimate of drug-likeness (QED) is 0.916. The summed E-state index contributed by atoms with van der Waals surface area (Å²) in [5, 5.41) is 10.6. The van der Waals surface area contributed by atoms with Crippen LogP contribution >= 0.6 is 0 Å². The van der Waals surface area contributed by atoms with Gasteiger partial charge in [-0.15, -0.1) is 0 Å². The van der Waals surface area contributed by atoms with Crippen LogP contribution < -0.4 is 5.32 Å². The summed E-state index contributed by atoms with van der Waals surface area (Å²) in [6.07, 6.45) is -2.99. The van der Waals surface area contributed by atoms with Gasteiger partial charge in [0.2, 0.25) is 5.91 Å². The Bertz CT molecular complexity index is 804. The van der Waals surface area contributed by atoms with Gasteiger partial charge in [0.1, 0.15) is 6.54 Å². The third-order valence-corrected chi connectivity index (χ3v) is 4.25. The Morgan fingerprint density at radius 3 is 2.64 bits per heavy atom. The maximum atomic E-state index is 13.1. The van der Waals surface area contributed by atoms with Gasteiger partial charge in [-0.25, -0.2) is 0 Å². The first-order chi connectivity index (χ1) is 11.7. The molecule has 0 aromatic carbocycles. The highest BCUT2D eigenvalue weighted by molar-refractivity contribution is 5.89. The van der Waals surface area contributed by atoms with Crippen LogP contribution in [0.3, 0.4) is 0 Å². The highest BCUT2D eigenvalue weighted by Gasteiger charge is 2.40. The van der Waals surface area contributed by atoms with Crippen LogP contribution in [0.15, 0.2) is 6.07 Å². The fourth-order valence-electron chi connectivity index (χ4n) is 3.26. The first-order valence-electron chi connectivity index (χ1n) is 8.18. The minimum atomic E-state index is -4.50. The second kappa shape index (κ2) is 6.20. The average Bonchev–Trinajstić information content (AvgIpc) is 3.14. The lowest BCUT2D eigenvalue weighted by Crippen LogP contribution is -2.21. The van der Waals surface area contributed by atoms with E-state index in [1.807, 2.05) is 20.8 Å². The number of halogens is 3. The van der Waals surface area contributed by atoms with Gasteiger partial charge in [-0.3, -0.25) is 14.2 Å². The molecule has 0 saturated heterocycles. The number of nitrogens with zero attached hydrogens (tertiary/aromatic N) is 4. The number of alkyl halides is 3. The van der Waals surface area contributed by atoms with Crippen LogP contribution in [0.4, 0.5) is 19.0 Å². The summed E-state index contributed by atoms with van der Waals surface area (Å²) in [5.74, 6) is -0.0598. The molecule has 136 valence electrons. The van der Waals surface area contributed by atoms with E-state index in [9.17, 15) is 18.0 Å². The molecule has 1 aliphatic rings. The van der Waals surface area contributed by atoms with Gasteiger partial charge >= 0.3 is 6.18 Å². The second-order valence-corrected chi connectivity index (χ2v) is 6.54. The first-order valence-corrected chi connectivity index (χ1v) is 8.18. The van der Waals surface area contributed by atoms with E-state index < -0.39 is 17.8 Å². The van der Waals surface area contributed by atoms with E-state index >= 15 is 0 Å². The number of carbonyl (C=O) groups excluding carboxylic acids is 1. The highest BCUT2D eigenvalue weighted by atomic mass is 19.4. The predicted octanol–water partition coefficient (Wildman–Crippen LogP) is 3.12. The molecule has 25 heavy (non-hydrogen) atoms. The molecule has 1 N–H and O–H groups in total. The molecule has 1 amide bonds. The second-order valence-electron chi connectivity index (χ2n) is 6.54. The lowest BCUT2D eigenvalue weighted by Gasteiger charge is -2.08. The lowest BCUT2D eigenvalue weighted by atomic mass is 10.2. The minimum absolute atomic E-state index is 0.148. The van der Waals surface area contributed by atoms with Gasteiger partial charge in [-0.1, -0.05) is 0 Å². The maximum absolute atomic E-state index is 13.1.